The fraction of sp³-hybridized carbons (Fsp3) is 0.571. The predicted octanol–water partition coefficient (Wildman–Crippen LogP) is 4.18. The molecule has 172 valence electrons. The summed E-state index contributed by atoms with van der Waals surface area (Å²) in [4.78, 5) is 15.2. The summed E-state index contributed by atoms with van der Waals surface area (Å²) in [6.07, 6.45) is -1.94. The van der Waals surface area contributed by atoms with Gasteiger partial charge in [0.15, 0.2) is 0 Å². The van der Waals surface area contributed by atoms with Crippen molar-refractivity contribution in [3.05, 3.63) is 33.6 Å². The fourth-order valence-electron chi connectivity index (χ4n) is 5.20. The molecule has 2 aromatic rings. The molecule has 2 N–H and O–H groups in total. The summed E-state index contributed by atoms with van der Waals surface area (Å²) in [7, 11) is 1.48. The molecule has 2 bridgehead atoms. The third kappa shape index (κ3) is 3.83. The maximum Gasteiger partial charge on any atom is 0.419 e. The highest BCUT2D eigenvalue weighted by molar-refractivity contribution is 6.31. The number of ether oxygens (including phenoxy) is 2. The van der Waals surface area contributed by atoms with Crippen LogP contribution in [-0.4, -0.2) is 35.2 Å². The van der Waals surface area contributed by atoms with E-state index in [1.165, 1.54) is 26.4 Å². The number of piperidine rings is 1. The maximum atomic E-state index is 13.7. The van der Waals surface area contributed by atoms with Gasteiger partial charge in [-0.25, -0.2) is 4.98 Å². The average molecular weight is 470 g/mol. The van der Waals surface area contributed by atoms with Crippen LogP contribution in [0.1, 0.15) is 47.9 Å². The topological polar surface area (TPSA) is 86.4 Å². The summed E-state index contributed by atoms with van der Waals surface area (Å²) in [5.41, 5.74) is 5.72. The van der Waals surface area contributed by atoms with Crippen LogP contribution in [0.3, 0.4) is 0 Å². The van der Waals surface area contributed by atoms with Gasteiger partial charge in [-0.1, -0.05) is 11.6 Å². The second-order valence-electron chi connectivity index (χ2n) is 8.70. The van der Waals surface area contributed by atoms with E-state index in [4.69, 9.17) is 26.8 Å². The lowest BCUT2D eigenvalue weighted by Crippen LogP contribution is -2.38. The van der Waals surface area contributed by atoms with Gasteiger partial charge in [-0.2, -0.15) is 23.1 Å². The van der Waals surface area contributed by atoms with Crippen LogP contribution in [0.15, 0.2) is 6.07 Å². The van der Waals surface area contributed by atoms with Crippen molar-refractivity contribution in [2.24, 2.45) is 11.8 Å². The summed E-state index contributed by atoms with van der Waals surface area (Å²) < 4.78 is 52.4. The predicted molar refractivity (Wildman–Crippen MR) is 112 cm³/mol. The molecule has 4 heterocycles. The van der Waals surface area contributed by atoms with Crippen LogP contribution in [0.25, 0.3) is 0 Å². The molecule has 5 rings (SSSR count). The Morgan fingerprint density at radius 1 is 1.19 bits per heavy atom. The van der Waals surface area contributed by atoms with Crippen molar-refractivity contribution in [2.75, 3.05) is 30.8 Å². The molecule has 1 saturated carbocycles. The normalized spacial score (nSPS) is 25.0. The van der Waals surface area contributed by atoms with Gasteiger partial charge in [0.25, 0.3) is 0 Å². The van der Waals surface area contributed by atoms with E-state index in [-0.39, 0.29) is 30.5 Å². The van der Waals surface area contributed by atoms with Crippen molar-refractivity contribution >= 4 is 23.2 Å². The second kappa shape index (κ2) is 7.91. The zero-order valence-electron chi connectivity index (χ0n) is 17.5. The number of nitrogens with zero attached hydrogens (tertiary/aromatic N) is 4. The number of anilines is 2. The van der Waals surface area contributed by atoms with E-state index in [1.807, 2.05) is 0 Å². The molecule has 2 aliphatic heterocycles. The minimum atomic E-state index is -4.70. The Hall–Kier alpha value is -2.33. The molecule has 11 heteroatoms. The molecule has 3 aliphatic rings. The molecule has 0 aromatic carbocycles. The van der Waals surface area contributed by atoms with Crippen molar-refractivity contribution in [2.45, 2.75) is 44.6 Å². The number of nitrogens with two attached hydrogens (primary N) is 1. The Balaban J connectivity index is 1.52. The Morgan fingerprint density at radius 3 is 2.56 bits per heavy atom. The lowest BCUT2D eigenvalue weighted by Gasteiger charge is -2.36. The largest absolute Gasteiger partial charge is 0.467 e. The minimum Gasteiger partial charge on any atom is -0.467 e. The van der Waals surface area contributed by atoms with Crippen LogP contribution in [0.4, 0.5) is 24.8 Å². The van der Waals surface area contributed by atoms with Crippen molar-refractivity contribution in [3.8, 4) is 6.01 Å². The average Bonchev–Trinajstić information content (AvgIpc) is 3.08. The SMILES string of the molecule is COc1nc2c(c(N3CC4CCC(C4)C3)n1)COC(c1nc(N)cc(Cl)c1C(F)(F)F)C2. The number of rotatable bonds is 3. The standard InChI is InChI=1S/C21H23ClF3N5O2/c1-31-20-27-14-6-15(18-17(21(23,24)25)13(22)5-16(26)28-18)32-9-12(14)19(29-20)30-7-10-2-3-11(4-10)8-30/h5,10-11,15H,2-4,6-9H2,1H3,(H2,26,28). The Kier molecular flexibility index (Phi) is 5.32. The summed E-state index contributed by atoms with van der Waals surface area (Å²) in [6.45, 7) is 1.87. The van der Waals surface area contributed by atoms with E-state index >= 15 is 0 Å². The third-order valence-corrected chi connectivity index (χ3v) is 6.85. The number of fused-ring (bicyclic) bond motifs is 3. The summed E-state index contributed by atoms with van der Waals surface area (Å²) in [6, 6.07) is 1.19. The molecule has 2 fully saturated rings. The first-order chi connectivity index (χ1) is 15.2. The number of hydrogen-bond acceptors (Lipinski definition) is 7. The van der Waals surface area contributed by atoms with E-state index in [9.17, 15) is 13.2 Å². The monoisotopic (exact) mass is 469 g/mol. The van der Waals surface area contributed by atoms with Crippen LogP contribution in [0.2, 0.25) is 5.02 Å². The van der Waals surface area contributed by atoms with Crippen LogP contribution in [-0.2, 0) is 23.9 Å². The molecule has 2 aromatic heterocycles. The van der Waals surface area contributed by atoms with Crippen LogP contribution in [0, 0.1) is 11.8 Å². The molecule has 0 radical (unpaired) electrons. The Morgan fingerprint density at radius 2 is 1.91 bits per heavy atom. The number of hydrogen-bond donors (Lipinski definition) is 1. The number of methoxy groups -OCH3 is 1. The molecule has 32 heavy (non-hydrogen) atoms. The highest BCUT2D eigenvalue weighted by Crippen LogP contribution is 2.44. The molecule has 1 aliphatic carbocycles. The number of pyridine rings is 1. The molecular formula is C21H23ClF3N5O2. The third-order valence-electron chi connectivity index (χ3n) is 6.55. The van der Waals surface area contributed by atoms with E-state index in [0.29, 0.717) is 17.5 Å². The van der Waals surface area contributed by atoms with Gasteiger partial charge >= 0.3 is 12.2 Å². The molecule has 1 saturated heterocycles. The number of alkyl halides is 3. The van der Waals surface area contributed by atoms with E-state index in [1.54, 1.807) is 0 Å². The van der Waals surface area contributed by atoms with Gasteiger partial charge in [-0.05, 0) is 37.2 Å². The van der Waals surface area contributed by atoms with Gasteiger partial charge < -0.3 is 20.1 Å². The molecule has 7 nitrogen and oxygen atoms in total. The molecule has 3 atom stereocenters. The zero-order chi connectivity index (χ0) is 22.6. The maximum absolute atomic E-state index is 13.7. The van der Waals surface area contributed by atoms with Crippen molar-refractivity contribution in [3.63, 3.8) is 0 Å². The first kappa shape index (κ1) is 21.5. The second-order valence-corrected chi connectivity index (χ2v) is 9.11. The van der Waals surface area contributed by atoms with Gasteiger partial charge in [0.05, 0.1) is 35.7 Å². The first-order valence-electron chi connectivity index (χ1n) is 10.6. The number of nitrogen functional groups attached to an aromatic ring is 1. The van der Waals surface area contributed by atoms with Gasteiger partial charge in [-0.15, -0.1) is 0 Å². The summed E-state index contributed by atoms with van der Waals surface area (Å²) >= 11 is 5.90. The van der Waals surface area contributed by atoms with E-state index in [0.717, 1.165) is 30.5 Å². The van der Waals surface area contributed by atoms with Crippen LogP contribution < -0.4 is 15.4 Å². The minimum absolute atomic E-state index is 0.0660. The Labute approximate surface area is 188 Å². The van der Waals surface area contributed by atoms with Gasteiger partial charge in [0.2, 0.25) is 0 Å². The molecule has 0 amide bonds. The van der Waals surface area contributed by atoms with Crippen molar-refractivity contribution < 1.29 is 22.6 Å². The van der Waals surface area contributed by atoms with Crippen LogP contribution >= 0.6 is 11.6 Å². The molecule has 0 spiro atoms. The quantitative estimate of drug-likeness (QED) is 0.721. The smallest absolute Gasteiger partial charge is 0.419 e. The fourth-order valence-corrected chi connectivity index (χ4v) is 5.52. The van der Waals surface area contributed by atoms with Gasteiger partial charge in [0, 0.05) is 25.1 Å². The lowest BCUT2D eigenvalue weighted by atomic mass is 9.96. The highest BCUT2D eigenvalue weighted by atomic mass is 35.5. The number of aromatic nitrogens is 3. The van der Waals surface area contributed by atoms with Gasteiger partial charge in [0.1, 0.15) is 17.7 Å². The van der Waals surface area contributed by atoms with E-state index < -0.39 is 22.9 Å². The Bertz CT molecular complexity index is 1040. The van der Waals surface area contributed by atoms with Crippen molar-refractivity contribution in [1.29, 1.82) is 0 Å². The van der Waals surface area contributed by atoms with Crippen molar-refractivity contribution in [1.82, 2.24) is 15.0 Å². The van der Waals surface area contributed by atoms with Crippen LogP contribution in [0.5, 0.6) is 6.01 Å². The molecular weight excluding hydrogens is 447 g/mol. The summed E-state index contributed by atoms with van der Waals surface area (Å²) in [5.74, 6) is 1.92. The first-order valence-corrected chi connectivity index (χ1v) is 10.9. The van der Waals surface area contributed by atoms with E-state index in [2.05, 4.69) is 19.9 Å². The van der Waals surface area contributed by atoms with Gasteiger partial charge in [-0.3, -0.25) is 0 Å². The number of halogens is 4. The lowest BCUT2D eigenvalue weighted by molar-refractivity contribution is -0.140. The summed E-state index contributed by atoms with van der Waals surface area (Å²) in [5, 5.41) is -0.501. The zero-order valence-corrected chi connectivity index (χ0v) is 18.2. The highest BCUT2D eigenvalue weighted by Gasteiger charge is 2.41. The molecule has 3 unspecified atom stereocenters.